The second-order valence-electron chi connectivity index (χ2n) is 3.25. The Morgan fingerprint density at radius 2 is 2.13 bits per heavy atom. The highest BCUT2D eigenvalue weighted by atomic mass is 16.1. The summed E-state index contributed by atoms with van der Waals surface area (Å²) < 4.78 is 0. The molecule has 0 spiro atoms. The molecule has 3 N–H and O–H groups in total. The van der Waals surface area contributed by atoms with Gasteiger partial charge in [0.1, 0.15) is 5.52 Å². The van der Waals surface area contributed by atoms with Gasteiger partial charge in [0.2, 0.25) is 5.95 Å². The Morgan fingerprint density at radius 3 is 2.80 bits per heavy atom. The number of rotatable bonds is 1. The molecule has 0 aliphatic heterocycles. The van der Waals surface area contributed by atoms with Crippen LogP contribution in [0.25, 0.3) is 11.2 Å². The van der Waals surface area contributed by atoms with Crippen molar-refractivity contribution < 1.29 is 0 Å². The molecule has 2 aromatic rings. The zero-order valence-corrected chi connectivity index (χ0v) is 8.35. The van der Waals surface area contributed by atoms with Crippen LogP contribution in [-0.2, 0) is 0 Å². The molecule has 0 bridgehead atoms. The van der Waals surface area contributed by atoms with Crippen molar-refractivity contribution in [3.05, 3.63) is 16.6 Å². The monoisotopic (exact) mass is 206 g/mol. The summed E-state index contributed by atoms with van der Waals surface area (Å²) in [6.45, 7) is 0. The molecule has 0 saturated heterocycles. The van der Waals surface area contributed by atoms with Gasteiger partial charge in [-0.15, -0.1) is 0 Å². The fourth-order valence-corrected chi connectivity index (χ4v) is 1.15. The van der Waals surface area contributed by atoms with Gasteiger partial charge < -0.3 is 15.6 Å². The van der Waals surface area contributed by atoms with Gasteiger partial charge in [-0.25, -0.2) is 4.98 Å². The molecule has 7 heteroatoms. The summed E-state index contributed by atoms with van der Waals surface area (Å²) in [6, 6.07) is 0. The van der Waals surface area contributed by atoms with E-state index in [4.69, 9.17) is 5.73 Å². The van der Waals surface area contributed by atoms with E-state index in [0.29, 0.717) is 17.1 Å². The van der Waals surface area contributed by atoms with E-state index < -0.39 is 0 Å². The first-order valence-electron chi connectivity index (χ1n) is 4.28. The van der Waals surface area contributed by atoms with Crippen LogP contribution in [-0.4, -0.2) is 34.0 Å². The molecular formula is C8H10N6O. The van der Waals surface area contributed by atoms with Gasteiger partial charge in [-0.1, -0.05) is 0 Å². The summed E-state index contributed by atoms with van der Waals surface area (Å²) in [5.74, 6) is 0.684. The number of fused-ring (bicyclic) bond motifs is 1. The minimum atomic E-state index is -0.315. The van der Waals surface area contributed by atoms with Crippen LogP contribution < -0.4 is 16.2 Å². The van der Waals surface area contributed by atoms with Crippen molar-refractivity contribution >= 4 is 22.9 Å². The number of nitrogen functional groups attached to an aromatic ring is 1. The average molecular weight is 206 g/mol. The molecule has 2 aromatic heterocycles. The molecule has 7 nitrogen and oxygen atoms in total. The number of anilines is 2. The van der Waals surface area contributed by atoms with Crippen LogP contribution >= 0.6 is 0 Å². The maximum Gasteiger partial charge on any atom is 0.268 e. The smallest absolute Gasteiger partial charge is 0.268 e. The third-order valence-electron chi connectivity index (χ3n) is 1.85. The maximum absolute atomic E-state index is 11.0. The molecule has 0 amide bonds. The second kappa shape index (κ2) is 3.19. The van der Waals surface area contributed by atoms with E-state index in [-0.39, 0.29) is 11.4 Å². The molecule has 0 fully saturated rings. The van der Waals surface area contributed by atoms with Crippen LogP contribution in [0.5, 0.6) is 0 Å². The molecule has 0 saturated carbocycles. The van der Waals surface area contributed by atoms with Crippen molar-refractivity contribution in [2.45, 2.75) is 0 Å². The lowest BCUT2D eigenvalue weighted by molar-refractivity contribution is 1.00. The number of nitrogens with two attached hydrogens (primary N) is 1. The Kier molecular flexibility index (Phi) is 2.00. The van der Waals surface area contributed by atoms with E-state index in [0.717, 1.165) is 6.20 Å². The number of nitrogens with one attached hydrogen (secondary N) is 1. The summed E-state index contributed by atoms with van der Waals surface area (Å²) in [5.41, 5.74) is 6.12. The maximum atomic E-state index is 11.0. The number of hydrogen-bond acceptors (Lipinski definition) is 6. The van der Waals surface area contributed by atoms with Gasteiger partial charge in [-0.3, -0.25) is 4.79 Å². The Morgan fingerprint density at radius 1 is 1.40 bits per heavy atom. The molecule has 0 atom stereocenters. The third kappa shape index (κ3) is 1.58. The molecule has 0 aliphatic carbocycles. The highest BCUT2D eigenvalue weighted by molar-refractivity contribution is 5.81. The number of aromatic nitrogens is 4. The van der Waals surface area contributed by atoms with Crippen molar-refractivity contribution in [2.24, 2.45) is 0 Å². The molecular weight excluding hydrogens is 196 g/mol. The molecule has 78 valence electrons. The summed E-state index contributed by atoms with van der Waals surface area (Å²) in [7, 11) is 3.57. The van der Waals surface area contributed by atoms with E-state index in [9.17, 15) is 4.79 Å². The first-order valence-corrected chi connectivity index (χ1v) is 4.28. The van der Waals surface area contributed by atoms with Gasteiger partial charge in [0.25, 0.3) is 5.56 Å². The Balaban J connectivity index is 2.79. The first-order chi connectivity index (χ1) is 7.08. The van der Waals surface area contributed by atoms with Crippen molar-refractivity contribution in [3.63, 3.8) is 0 Å². The fourth-order valence-electron chi connectivity index (χ4n) is 1.15. The molecule has 0 radical (unpaired) electrons. The zero-order chi connectivity index (χ0) is 11.0. The van der Waals surface area contributed by atoms with Crippen LogP contribution in [0.3, 0.4) is 0 Å². The quantitative estimate of drug-likeness (QED) is 0.643. The second-order valence-corrected chi connectivity index (χ2v) is 3.25. The van der Waals surface area contributed by atoms with Crippen LogP contribution in [0.15, 0.2) is 11.0 Å². The zero-order valence-electron chi connectivity index (χ0n) is 8.35. The molecule has 0 aliphatic rings. The lowest BCUT2D eigenvalue weighted by Crippen LogP contribution is -2.16. The van der Waals surface area contributed by atoms with Crippen molar-refractivity contribution in [3.8, 4) is 0 Å². The van der Waals surface area contributed by atoms with Gasteiger partial charge >= 0.3 is 0 Å². The Bertz CT molecular complexity index is 561. The summed E-state index contributed by atoms with van der Waals surface area (Å²) >= 11 is 0. The summed E-state index contributed by atoms with van der Waals surface area (Å²) in [5, 5.41) is 0. The highest BCUT2D eigenvalue weighted by Gasteiger charge is 2.07. The largest absolute Gasteiger partial charge is 0.382 e. The summed E-state index contributed by atoms with van der Waals surface area (Å²) in [6.07, 6.45) is 1.15. The van der Waals surface area contributed by atoms with E-state index in [1.807, 2.05) is 0 Å². The lowest BCUT2D eigenvalue weighted by Gasteiger charge is -2.10. The molecule has 2 rings (SSSR count). The minimum absolute atomic E-state index is 0.250. The standard InChI is InChI=1S/C8H10N6O/c1-14(2)8-12-6(9)5-7(13-8)11-4(15)3-10-5/h3H,1-2H3,(H3,9,11,12,13,15). The molecule has 0 aromatic carbocycles. The highest BCUT2D eigenvalue weighted by Crippen LogP contribution is 2.14. The lowest BCUT2D eigenvalue weighted by atomic mass is 10.4. The Hall–Kier alpha value is -2.18. The van der Waals surface area contributed by atoms with Crippen LogP contribution in [0, 0.1) is 0 Å². The van der Waals surface area contributed by atoms with Crippen LogP contribution in [0.4, 0.5) is 11.8 Å². The van der Waals surface area contributed by atoms with E-state index in [2.05, 4.69) is 19.9 Å². The predicted octanol–water partition coefficient (Wildman–Crippen LogP) is -0.639. The fraction of sp³-hybridized carbons (Fsp3) is 0.250. The number of H-pyrrole nitrogens is 1. The molecule has 15 heavy (non-hydrogen) atoms. The van der Waals surface area contributed by atoms with Crippen molar-refractivity contribution in [1.82, 2.24) is 19.9 Å². The van der Waals surface area contributed by atoms with Gasteiger partial charge in [0.15, 0.2) is 11.5 Å². The van der Waals surface area contributed by atoms with Gasteiger partial charge in [-0.2, -0.15) is 9.97 Å². The van der Waals surface area contributed by atoms with Crippen LogP contribution in [0.1, 0.15) is 0 Å². The topological polar surface area (TPSA) is 101 Å². The number of aromatic amines is 1. The third-order valence-corrected chi connectivity index (χ3v) is 1.85. The van der Waals surface area contributed by atoms with Gasteiger partial charge in [0, 0.05) is 14.1 Å². The predicted molar refractivity (Wildman–Crippen MR) is 56.7 cm³/mol. The van der Waals surface area contributed by atoms with Gasteiger partial charge in [0.05, 0.1) is 6.20 Å². The number of nitrogens with zero attached hydrogens (tertiary/aromatic N) is 4. The average Bonchev–Trinajstić information content (AvgIpc) is 2.16. The SMILES string of the molecule is CN(C)c1nc(N)c2ncc(=O)[nH]c2n1. The molecule has 0 unspecified atom stereocenters. The van der Waals surface area contributed by atoms with E-state index >= 15 is 0 Å². The first kappa shape index (κ1) is 9.38. The van der Waals surface area contributed by atoms with E-state index in [1.165, 1.54) is 0 Å². The summed E-state index contributed by atoms with van der Waals surface area (Å²) in [4.78, 5) is 27.3. The van der Waals surface area contributed by atoms with Crippen molar-refractivity contribution in [1.29, 1.82) is 0 Å². The number of hydrogen-bond donors (Lipinski definition) is 2. The van der Waals surface area contributed by atoms with Crippen molar-refractivity contribution in [2.75, 3.05) is 24.7 Å². The minimum Gasteiger partial charge on any atom is -0.382 e. The molecule has 2 heterocycles. The van der Waals surface area contributed by atoms with Gasteiger partial charge in [-0.05, 0) is 0 Å². The Labute approximate surface area is 85.0 Å². The van der Waals surface area contributed by atoms with Crippen LogP contribution in [0.2, 0.25) is 0 Å². The van der Waals surface area contributed by atoms with E-state index in [1.54, 1.807) is 19.0 Å². The normalized spacial score (nSPS) is 10.5.